The van der Waals surface area contributed by atoms with Crippen LogP contribution in [0.5, 0.6) is 0 Å². The number of thioether (sulfide) groups is 1. The van der Waals surface area contributed by atoms with Gasteiger partial charge in [0, 0.05) is 4.90 Å². The van der Waals surface area contributed by atoms with E-state index in [1.807, 2.05) is 6.26 Å². The van der Waals surface area contributed by atoms with E-state index in [0.717, 1.165) is 4.90 Å². The van der Waals surface area contributed by atoms with Crippen LogP contribution in [0.2, 0.25) is 0 Å². The molecule has 10 heavy (non-hydrogen) atoms. The van der Waals surface area contributed by atoms with E-state index < -0.39 is 5.97 Å². The van der Waals surface area contributed by atoms with Gasteiger partial charge in [-0.2, -0.15) is 0 Å². The molecule has 0 atom stereocenters. The Morgan fingerprint density at radius 3 is 2.90 bits per heavy atom. The molecule has 0 aliphatic heterocycles. The largest absolute Gasteiger partial charge is 0.544 e. The molecular formula is C6H5O2S2-. The summed E-state index contributed by atoms with van der Waals surface area (Å²) in [6.45, 7) is 0. The Balaban J connectivity index is 3.01. The van der Waals surface area contributed by atoms with Crippen LogP contribution in [-0.4, -0.2) is 12.2 Å². The summed E-state index contributed by atoms with van der Waals surface area (Å²) < 4.78 is 0. The molecule has 0 amide bonds. The SMILES string of the molecule is CSc1ccsc1C(=O)[O-]. The van der Waals surface area contributed by atoms with Crippen LogP contribution >= 0.6 is 23.1 Å². The Morgan fingerprint density at radius 2 is 2.50 bits per heavy atom. The summed E-state index contributed by atoms with van der Waals surface area (Å²) in [6.07, 6.45) is 1.84. The Bertz CT molecular complexity index is 242. The van der Waals surface area contributed by atoms with Crippen LogP contribution < -0.4 is 5.11 Å². The van der Waals surface area contributed by atoms with Crippen molar-refractivity contribution in [2.75, 3.05) is 6.26 Å². The van der Waals surface area contributed by atoms with Crippen molar-refractivity contribution in [3.63, 3.8) is 0 Å². The van der Waals surface area contributed by atoms with Crippen molar-refractivity contribution < 1.29 is 9.90 Å². The van der Waals surface area contributed by atoms with E-state index >= 15 is 0 Å². The van der Waals surface area contributed by atoms with Gasteiger partial charge in [0.05, 0.1) is 10.8 Å². The van der Waals surface area contributed by atoms with E-state index in [1.165, 1.54) is 23.1 Å². The molecule has 0 N–H and O–H groups in total. The molecular weight excluding hydrogens is 168 g/mol. The van der Waals surface area contributed by atoms with Gasteiger partial charge in [0.25, 0.3) is 0 Å². The van der Waals surface area contributed by atoms with Crippen molar-refractivity contribution in [1.29, 1.82) is 0 Å². The van der Waals surface area contributed by atoms with Gasteiger partial charge in [-0.05, 0) is 17.7 Å². The molecule has 54 valence electrons. The highest BCUT2D eigenvalue weighted by atomic mass is 32.2. The lowest BCUT2D eigenvalue weighted by Crippen LogP contribution is -2.21. The fraction of sp³-hybridized carbons (Fsp3) is 0.167. The van der Waals surface area contributed by atoms with Gasteiger partial charge >= 0.3 is 0 Å². The predicted molar refractivity (Wildman–Crippen MR) is 40.4 cm³/mol. The third kappa shape index (κ3) is 1.33. The Hall–Kier alpha value is -0.480. The summed E-state index contributed by atoms with van der Waals surface area (Å²) in [5.74, 6) is -1.08. The lowest BCUT2D eigenvalue weighted by molar-refractivity contribution is -0.254. The first-order chi connectivity index (χ1) is 4.75. The van der Waals surface area contributed by atoms with Crippen LogP contribution in [0.1, 0.15) is 9.67 Å². The van der Waals surface area contributed by atoms with Gasteiger partial charge < -0.3 is 9.90 Å². The van der Waals surface area contributed by atoms with Crippen molar-refractivity contribution in [2.24, 2.45) is 0 Å². The molecule has 0 fully saturated rings. The maximum atomic E-state index is 10.3. The average Bonchev–Trinajstić information content (AvgIpc) is 2.33. The molecule has 2 nitrogen and oxygen atoms in total. The molecule has 4 heteroatoms. The van der Waals surface area contributed by atoms with Gasteiger partial charge in [0.1, 0.15) is 0 Å². The molecule has 0 aliphatic carbocycles. The Labute approximate surface area is 66.9 Å². The molecule has 0 spiro atoms. The normalized spacial score (nSPS) is 9.70. The van der Waals surface area contributed by atoms with Gasteiger partial charge in [-0.25, -0.2) is 0 Å². The number of carboxylic acid groups (broad SMARTS) is 1. The van der Waals surface area contributed by atoms with Crippen LogP contribution in [0.4, 0.5) is 0 Å². The zero-order chi connectivity index (χ0) is 7.56. The van der Waals surface area contributed by atoms with Crippen molar-refractivity contribution in [2.45, 2.75) is 4.90 Å². The summed E-state index contributed by atoms with van der Waals surface area (Å²) in [4.78, 5) is 11.4. The van der Waals surface area contributed by atoms with Gasteiger partial charge in [-0.3, -0.25) is 0 Å². The molecule has 0 radical (unpaired) electrons. The van der Waals surface area contributed by atoms with Crippen LogP contribution in [0.25, 0.3) is 0 Å². The fourth-order valence-electron chi connectivity index (χ4n) is 0.607. The monoisotopic (exact) mass is 173 g/mol. The van der Waals surface area contributed by atoms with Crippen LogP contribution in [0, 0.1) is 0 Å². The number of hydrogen-bond donors (Lipinski definition) is 0. The zero-order valence-electron chi connectivity index (χ0n) is 5.29. The van der Waals surface area contributed by atoms with E-state index in [9.17, 15) is 9.90 Å². The molecule has 0 bridgehead atoms. The smallest absolute Gasteiger partial charge is 0.0826 e. The van der Waals surface area contributed by atoms with Gasteiger partial charge in [0.15, 0.2) is 0 Å². The summed E-state index contributed by atoms with van der Waals surface area (Å²) in [7, 11) is 0. The van der Waals surface area contributed by atoms with Crippen LogP contribution in [0.3, 0.4) is 0 Å². The lowest BCUT2D eigenvalue weighted by atomic mass is 10.5. The van der Waals surface area contributed by atoms with Gasteiger partial charge in [0.2, 0.25) is 0 Å². The first-order valence-electron chi connectivity index (χ1n) is 2.58. The van der Waals surface area contributed by atoms with E-state index in [-0.39, 0.29) is 0 Å². The number of thiophene rings is 1. The second-order valence-corrected chi connectivity index (χ2v) is 3.37. The first-order valence-corrected chi connectivity index (χ1v) is 4.69. The van der Waals surface area contributed by atoms with Crippen molar-refractivity contribution >= 4 is 29.1 Å². The second kappa shape index (κ2) is 3.07. The average molecular weight is 173 g/mol. The number of carboxylic acids is 1. The minimum absolute atomic E-state index is 0.326. The number of carbonyl (C=O) groups excluding carboxylic acids is 1. The van der Waals surface area contributed by atoms with E-state index in [4.69, 9.17) is 0 Å². The highest BCUT2D eigenvalue weighted by molar-refractivity contribution is 7.98. The molecule has 1 heterocycles. The topological polar surface area (TPSA) is 40.1 Å². The van der Waals surface area contributed by atoms with Gasteiger partial charge in [-0.1, -0.05) is 0 Å². The minimum Gasteiger partial charge on any atom is -0.544 e. The van der Waals surface area contributed by atoms with Crippen LogP contribution in [0.15, 0.2) is 16.3 Å². The summed E-state index contributed by atoms with van der Waals surface area (Å²) in [5, 5.41) is 12.1. The summed E-state index contributed by atoms with van der Waals surface area (Å²) >= 11 is 2.62. The summed E-state index contributed by atoms with van der Waals surface area (Å²) in [5.41, 5.74) is 0. The van der Waals surface area contributed by atoms with Crippen molar-refractivity contribution in [3.05, 3.63) is 16.3 Å². The molecule has 0 saturated heterocycles. The van der Waals surface area contributed by atoms with E-state index in [2.05, 4.69) is 0 Å². The Morgan fingerprint density at radius 1 is 1.80 bits per heavy atom. The lowest BCUT2D eigenvalue weighted by Gasteiger charge is -1.99. The molecule has 1 rings (SSSR count). The molecule has 0 unspecified atom stereocenters. The number of hydrogen-bond acceptors (Lipinski definition) is 4. The standard InChI is InChI=1S/C6H6O2S2/c1-9-4-2-3-10-5(4)6(7)8/h2-3H,1H3,(H,7,8)/p-1. The van der Waals surface area contributed by atoms with Crippen molar-refractivity contribution in [1.82, 2.24) is 0 Å². The zero-order valence-corrected chi connectivity index (χ0v) is 6.92. The maximum Gasteiger partial charge on any atom is 0.0826 e. The molecule has 1 aromatic heterocycles. The quantitative estimate of drug-likeness (QED) is 0.622. The maximum absolute atomic E-state index is 10.3. The molecule has 0 aromatic carbocycles. The summed E-state index contributed by atoms with van der Waals surface area (Å²) in [6, 6.07) is 1.78. The van der Waals surface area contributed by atoms with E-state index in [0.29, 0.717) is 4.88 Å². The number of carbonyl (C=O) groups is 1. The first kappa shape index (κ1) is 7.63. The fourth-order valence-corrected chi connectivity index (χ4v) is 2.18. The van der Waals surface area contributed by atoms with Crippen molar-refractivity contribution in [3.8, 4) is 0 Å². The van der Waals surface area contributed by atoms with E-state index in [1.54, 1.807) is 11.4 Å². The third-order valence-corrected chi connectivity index (χ3v) is 2.84. The van der Waals surface area contributed by atoms with Gasteiger partial charge in [-0.15, -0.1) is 23.1 Å². The Kier molecular flexibility index (Phi) is 2.34. The second-order valence-electron chi connectivity index (χ2n) is 1.61. The van der Waals surface area contributed by atoms with Crippen LogP contribution in [-0.2, 0) is 0 Å². The minimum atomic E-state index is -1.08. The molecule has 0 saturated carbocycles. The number of aromatic carboxylic acids is 1. The third-order valence-electron chi connectivity index (χ3n) is 1.03. The molecule has 0 aliphatic rings. The highest BCUT2D eigenvalue weighted by Gasteiger charge is 2.01. The number of rotatable bonds is 2. The predicted octanol–water partition coefficient (Wildman–Crippen LogP) is 0.834. The molecule has 1 aromatic rings. The highest BCUT2D eigenvalue weighted by Crippen LogP contribution is 2.24.